The summed E-state index contributed by atoms with van der Waals surface area (Å²) in [6.07, 6.45) is -0.805. The molecule has 132 valence electrons. The van der Waals surface area contributed by atoms with Crippen LogP contribution in [0.1, 0.15) is 5.69 Å². The van der Waals surface area contributed by atoms with Crippen LogP contribution in [0, 0.1) is 5.82 Å². The molecule has 7 heteroatoms. The summed E-state index contributed by atoms with van der Waals surface area (Å²) >= 11 is 1.41. The van der Waals surface area contributed by atoms with Gasteiger partial charge in [0.05, 0.1) is 5.69 Å². The van der Waals surface area contributed by atoms with E-state index >= 15 is 0 Å². The summed E-state index contributed by atoms with van der Waals surface area (Å²) in [5.74, 6) is 0.333. The molecule has 0 unspecified atom stereocenters. The predicted molar refractivity (Wildman–Crippen MR) is 93.7 cm³/mol. The third kappa shape index (κ3) is 3.52. The molecule has 0 bridgehead atoms. The molecule has 3 aromatic rings. The zero-order chi connectivity index (χ0) is 17.9. The molecule has 2 heterocycles. The van der Waals surface area contributed by atoms with Gasteiger partial charge in [0, 0.05) is 10.9 Å². The minimum atomic E-state index is -0.805. The second kappa shape index (κ2) is 7.13. The van der Waals surface area contributed by atoms with Gasteiger partial charge >= 0.3 is 5.97 Å². The first-order chi connectivity index (χ1) is 12.7. The molecule has 26 heavy (non-hydrogen) atoms. The lowest BCUT2D eigenvalue weighted by Gasteiger charge is -2.24. The minimum absolute atomic E-state index is 0.0397. The number of thiazole rings is 1. The normalized spacial score (nSPS) is 15.5. The smallest absolute Gasteiger partial charge is 0.351 e. The Bertz CT molecular complexity index is 925. The Kier molecular flexibility index (Phi) is 4.53. The average molecular weight is 371 g/mol. The fourth-order valence-electron chi connectivity index (χ4n) is 2.47. The van der Waals surface area contributed by atoms with Crippen LogP contribution in [0.3, 0.4) is 0 Å². The van der Waals surface area contributed by atoms with E-state index in [9.17, 15) is 9.18 Å². The van der Waals surface area contributed by atoms with Gasteiger partial charge in [-0.05, 0) is 36.4 Å². The highest BCUT2D eigenvalue weighted by molar-refractivity contribution is 7.13. The first-order valence-corrected chi connectivity index (χ1v) is 8.82. The SMILES string of the molecule is O=C(OCc1csc(-c2ccc(F)cc2)n1)[C@@H]1COc2ccccc2O1. The van der Waals surface area contributed by atoms with Crippen molar-refractivity contribution in [2.75, 3.05) is 6.61 Å². The number of carbonyl (C=O) groups excluding carboxylic acids is 1. The van der Waals surface area contributed by atoms with Gasteiger partial charge in [-0.25, -0.2) is 14.2 Å². The lowest BCUT2D eigenvalue weighted by molar-refractivity contribution is -0.156. The van der Waals surface area contributed by atoms with Crippen molar-refractivity contribution in [3.05, 3.63) is 65.4 Å². The Morgan fingerprint density at radius 1 is 1.19 bits per heavy atom. The summed E-state index contributed by atoms with van der Waals surface area (Å²) in [5, 5.41) is 2.54. The van der Waals surface area contributed by atoms with E-state index < -0.39 is 12.1 Å². The van der Waals surface area contributed by atoms with E-state index in [1.165, 1.54) is 23.5 Å². The van der Waals surface area contributed by atoms with Crippen LogP contribution < -0.4 is 9.47 Å². The maximum atomic E-state index is 13.0. The number of fused-ring (bicyclic) bond motifs is 1. The van der Waals surface area contributed by atoms with Gasteiger partial charge in [-0.3, -0.25) is 0 Å². The lowest BCUT2D eigenvalue weighted by Crippen LogP contribution is -2.37. The van der Waals surface area contributed by atoms with Crippen molar-refractivity contribution in [1.82, 2.24) is 4.98 Å². The molecule has 0 spiro atoms. The van der Waals surface area contributed by atoms with Gasteiger partial charge in [0.1, 0.15) is 24.0 Å². The zero-order valence-electron chi connectivity index (χ0n) is 13.6. The molecular weight excluding hydrogens is 357 g/mol. The number of hydrogen-bond acceptors (Lipinski definition) is 6. The number of para-hydroxylation sites is 2. The Labute approximate surface area is 153 Å². The van der Waals surface area contributed by atoms with E-state index in [-0.39, 0.29) is 19.0 Å². The standard InChI is InChI=1S/C19H14FNO4S/c20-13-7-5-12(6-8-13)18-21-14(11-26-18)9-24-19(22)17-10-23-15-3-1-2-4-16(15)25-17/h1-8,11,17H,9-10H2/t17-/m0/s1. The molecule has 0 radical (unpaired) electrons. The average Bonchev–Trinajstić information content (AvgIpc) is 3.15. The fraction of sp³-hybridized carbons (Fsp3) is 0.158. The molecule has 0 saturated carbocycles. The van der Waals surface area contributed by atoms with Crippen molar-refractivity contribution in [3.8, 4) is 22.1 Å². The van der Waals surface area contributed by atoms with Crippen LogP contribution in [0.2, 0.25) is 0 Å². The quantitative estimate of drug-likeness (QED) is 0.653. The number of ether oxygens (including phenoxy) is 3. The number of hydrogen-bond donors (Lipinski definition) is 0. The molecule has 0 amide bonds. The van der Waals surface area contributed by atoms with Crippen LogP contribution in [-0.2, 0) is 16.1 Å². The number of nitrogens with zero attached hydrogens (tertiary/aromatic N) is 1. The summed E-state index contributed by atoms with van der Waals surface area (Å²) in [4.78, 5) is 16.6. The summed E-state index contributed by atoms with van der Waals surface area (Å²) in [7, 11) is 0. The summed E-state index contributed by atoms with van der Waals surface area (Å²) in [6.45, 7) is 0.145. The van der Waals surface area contributed by atoms with E-state index in [4.69, 9.17) is 14.2 Å². The van der Waals surface area contributed by atoms with Crippen LogP contribution >= 0.6 is 11.3 Å². The number of aromatic nitrogens is 1. The van der Waals surface area contributed by atoms with E-state index in [1.54, 1.807) is 29.6 Å². The highest BCUT2D eigenvalue weighted by Crippen LogP contribution is 2.31. The molecule has 0 fully saturated rings. The van der Waals surface area contributed by atoms with Crippen LogP contribution in [-0.4, -0.2) is 23.7 Å². The van der Waals surface area contributed by atoms with Crippen molar-refractivity contribution < 1.29 is 23.4 Å². The second-order valence-corrected chi connectivity index (χ2v) is 6.48. The molecule has 1 aliphatic rings. The third-order valence-electron chi connectivity index (χ3n) is 3.78. The minimum Gasteiger partial charge on any atom is -0.485 e. The Balaban J connectivity index is 1.36. The van der Waals surface area contributed by atoms with Crippen molar-refractivity contribution in [2.45, 2.75) is 12.7 Å². The van der Waals surface area contributed by atoms with Gasteiger partial charge in [0.2, 0.25) is 6.10 Å². The third-order valence-corrected chi connectivity index (χ3v) is 4.72. The molecule has 1 aliphatic heterocycles. The number of rotatable bonds is 4. The summed E-state index contributed by atoms with van der Waals surface area (Å²) in [6, 6.07) is 13.3. The lowest BCUT2D eigenvalue weighted by atomic mass is 10.2. The first kappa shape index (κ1) is 16.5. The van der Waals surface area contributed by atoms with Crippen LogP contribution in [0.5, 0.6) is 11.5 Å². The van der Waals surface area contributed by atoms with Crippen LogP contribution in [0.4, 0.5) is 4.39 Å². The molecular formula is C19H14FNO4S. The second-order valence-electron chi connectivity index (χ2n) is 5.62. The van der Waals surface area contributed by atoms with Crippen molar-refractivity contribution in [1.29, 1.82) is 0 Å². The number of halogens is 1. The van der Waals surface area contributed by atoms with Gasteiger partial charge < -0.3 is 14.2 Å². The van der Waals surface area contributed by atoms with E-state index in [0.29, 0.717) is 17.2 Å². The van der Waals surface area contributed by atoms with E-state index in [2.05, 4.69) is 4.98 Å². The number of esters is 1. The maximum absolute atomic E-state index is 13.0. The van der Waals surface area contributed by atoms with Crippen molar-refractivity contribution in [3.63, 3.8) is 0 Å². The molecule has 5 nitrogen and oxygen atoms in total. The highest BCUT2D eigenvalue weighted by atomic mass is 32.1. The molecule has 1 atom stereocenters. The van der Waals surface area contributed by atoms with Crippen molar-refractivity contribution >= 4 is 17.3 Å². The van der Waals surface area contributed by atoms with Gasteiger partial charge in [-0.15, -0.1) is 11.3 Å². The fourth-order valence-corrected chi connectivity index (χ4v) is 3.28. The van der Waals surface area contributed by atoms with Gasteiger partial charge in [-0.2, -0.15) is 0 Å². The predicted octanol–water partition coefficient (Wildman–Crippen LogP) is 3.83. The Morgan fingerprint density at radius 3 is 2.77 bits per heavy atom. The Hall–Kier alpha value is -2.93. The van der Waals surface area contributed by atoms with Crippen molar-refractivity contribution in [2.24, 2.45) is 0 Å². The molecule has 1 aromatic heterocycles. The van der Waals surface area contributed by atoms with E-state index in [0.717, 1.165) is 10.6 Å². The monoisotopic (exact) mass is 371 g/mol. The summed E-state index contributed by atoms with van der Waals surface area (Å²) in [5.41, 5.74) is 1.44. The van der Waals surface area contributed by atoms with Crippen LogP contribution in [0.25, 0.3) is 10.6 Å². The zero-order valence-corrected chi connectivity index (χ0v) is 14.4. The topological polar surface area (TPSA) is 57.7 Å². The number of carbonyl (C=O) groups is 1. The highest BCUT2D eigenvalue weighted by Gasteiger charge is 2.28. The van der Waals surface area contributed by atoms with E-state index in [1.807, 2.05) is 12.1 Å². The molecule has 4 rings (SSSR count). The first-order valence-electron chi connectivity index (χ1n) is 7.94. The van der Waals surface area contributed by atoms with Gasteiger partial charge in [0.25, 0.3) is 0 Å². The Morgan fingerprint density at radius 2 is 1.96 bits per heavy atom. The van der Waals surface area contributed by atoms with Gasteiger partial charge in [0.15, 0.2) is 11.5 Å². The van der Waals surface area contributed by atoms with Crippen LogP contribution in [0.15, 0.2) is 53.9 Å². The largest absolute Gasteiger partial charge is 0.485 e. The number of benzene rings is 2. The summed E-state index contributed by atoms with van der Waals surface area (Å²) < 4.78 is 29.4. The molecule has 0 aliphatic carbocycles. The molecule has 0 saturated heterocycles. The molecule has 2 aromatic carbocycles. The van der Waals surface area contributed by atoms with Gasteiger partial charge in [-0.1, -0.05) is 12.1 Å². The molecule has 0 N–H and O–H groups in total. The maximum Gasteiger partial charge on any atom is 0.351 e.